The molecular formula is C48H29N. The van der Waals surface area contributed by atoms with Gasteiger partial charge in [0.15, 0.2) is 0 Å². The lowest BCUT2D eigenvalue weighted by Gasteiger charge is -2.19. The molecule has 0 unspecified atom stereocenters. The molecule has 0 aliphatic heterocycles. The average molecular weight is 620 g/mol. The third kappa shape index (κ3) is 3.76. The molecule has 0 bridgehead atoms. The maximum absolute atomic E-state index is 2.42. The van der Waals surface area contributed by atoms with E-state index in [1.807, 2.05) is 0 Å². The number of benzene rings is 10. The van der Waals surface area contributed by atoms with Crippen LogP contribution in [0.15, 0.2) is 176 Å². The number of hydrogen-bond donors (Lipinski definition) is 0. The molecule has 1 nitrogen and oxygen atoms in total. The van der Waals surface area contributed by atoms with Gasteiger partial charge in [0.2, 0.25) is 0 Å². The zero-order valence-corrected chi connectivity index (χ0v) is 26.7. The Bertz CT molecular complexity index is 2970. The Kier molecular flexibility index (Phi) is 5.45. The van der Waals surface area contributed by atoms with Gasteiger partial charge in [-0.25, -0.2) is 0 Å². The zero-order chi connectivity index (χ0) is 32.1. The molecule has 0 fully saturated rings. The van der Waals surface area contributed by atoms with Crippen LogP contribution in [0.2, 0.25) is 0 Å². The molecule has 1 heteroatoms. The summed E-state index contributed by atoms with van der Waals surface area (Å²) in [6.45, 7) is 0. The second-order valence-electron chi connectivity index (χ2n) is 13.3. The second-order valence-corrected chi connectivity index (χ2v) is 13.3. The third-order valence-corrected chi connectivity index (χ3v) is 10.7. The van der Waals surface area contributed by atoms with Gasteiger partial charge in [-0.2, -0.15) is 0 Å². The standard InChI is InChI=1S/C48H29N/c1-2-13-36(14-3-1)49-43-20-9-8-15-37(43)42-29-34(25-26-44(42)49)47-38-16-4-6-18-40(38)48(41-19-7-5-17-39(41)47)35-27-32-23-21-30-11-10-12-31-22-24-33(28-35)46(32)45(30)31/h1-29H. The van der Waals surface area contributed by atoms with Crippen molar-refractivity contribution in [3.63, 3.8) is 0 Å². The summed E-state index contributed by atoms with van der Waals surface area (Å²) in [4.78, 5) is 0. The monoisotopic (exact) mass is 619 g/mol. The van der Waals surface area contributed by atoms with Crippen LogP contribution in [0.1, 0.15) is 0 Å². The molecule has 0 aliphatic carbocycles. The molecule has 1 aromatic heterocycles. The van der Waals surface area contributed by atoms with E-state index in [9.17, 15) is 0 Å². The fourth-order valence-electron chi connectivity index (χ4n) is 8.63. The first kappa shape index (κ1) is 26.6. The van der Waals surface area contributed by atoms with Gasteiger partial charge >= 0.3 is 0 Å². The molecule has 0 saturated heterocycles. The van der Waals surface area contributed by atoms with Crippen molar-refractivity contribution in [3.8, 4) is 27.9 Å². The highest BCUT2D eigenvalue weighted by molar-refractivity contribution is 6.26. The lowest BCUT2D eigenvalue weighted by Crippen LogP contribution is -1.93. The molecule has 0 spiro atoms. The quantitative estimate of drug-likeness (QED) is 0.137. The minimum Gasteiger partial charge on any atom is -0.309 e. The fourth-order valence-corrected chi connectivity index (χ4v) is 8.63. The van der Waals surface area contributed by atoms with E-state index in [-0.39, 0.29) is 0 Å². The SMILES string of the molecule is c1ccc(-n2c3ccccc3c3cc(-c4c5ccccc5c(-c5cc6ccc7cccc8ccc(c5)c6c78)c5ccccc45)ccc32)cc1. The summed E-state index contributed by atoms with van der Waals surface area (Å²) in [6.07, 6.45) is 0. The normalized spacial score (nSPS) is 12.1. The molecule has 1 heterocycles. The fraction of sp³-hybridized carbons (Fsp3) is 0. The molecule has 0 saturated carbocycles. The minimum atomic E-state index is 1.18. The van der Waals surface area contributed by atoms with Gasteiger partial charge in [-0.3, -0.25) is 0 Å². The van der Waals surface area contributed by atoms with Crippen LogP contribution in [0.4, 0.5) is 0 Å². The predicted octanol–water partition coefficient (Wildman–Crippen LogP) is 13.3. The van der Waals surface area contributed by atoms with Crippen molar-refractivity contribution < 1.29 is 0 Å². The first-order valence-electron chi connectivity index (χ1n) is 17.0. The summed E-state index contributed by atoms with van der Waals surface area (Å²) in [5.41, 5.74) is 8.68. The van der Waals surface area contributed by atoms with Crippen LogP contribution < -0.4 is 0 Å². The Morgan fingerprint density at radius 1 is 0.286 bits per heavy atom. The van der Waals surface area contributed by atoms with Crippen LogP contribution in [0.3, 0.4) is 0 Å². The molecule has 0 N–H and O–H groups in total. The van der Waals surface area contributed by atoms with E-state index in [0.29, 0.717) is 0 Å². The van der Waals surface area contributed by atoms with Crippen molar-refractivity contribution >= 4 is 75.7 Å². The Morgan fingerprint density at radius 3 is 1.41 bits per heavy atom. The van der Waals surface area contributed by atoms with Crippen molar-refractivity contribution in [2.24, 2.45) is 0 Å². The van der Waals surface area contributed by atoms with Crippen molar-refractivity contribution in [2.45, 2.75) is 0 Å². The largest absolute Gasteiger partial charge is 0.309 e. The summed E-state index contributed by atoms with van der Waals surface area (Å²) >= 11 is 0. The minimum absolute atomic E-state index is 1.18. The highest BCUT2D eigenvalue weighted by Crippen LogP contribution is 2.46. The average Bonchev–Trinajstić information content (AvgIpc) is 3.50. The molecule has 0 aliphatic rings. The number of para-hydroxylation sites is 2. The molecule has 11 rings (SSSR count). The van der Waals surface area contributed by atoms with Gasteiger partial charge in [-0.15, -0.1) is 0 Å². The van der Waals surface area contributed by atoms with E-state index in [0.717, 1.165) is 0 Å². The molecule has 11 aromatic rings. The van der Waals surface area contributed by atoms with Crippen molar-refractivity contribution in [1.82, 2.24) is 4.57 Å². The van der Waals surface area contributed by atoms with Gasteiger partial charge in [0.25, 0.3) is 0 Å². The second kappa shape index (κ2) is 10.0. The first-order chi connectivity index (χ1) is 24.3. The maximum atomic E-state index is 2.42. The maximum Gasteiger partial charge on any atom is 0.0541 e. The lowest BCUT2D eigenvalue weighted by molar-refractivity contribution is 1.18. The van der Waals surface area contributed by atoms with E-state index in [2.05, 4.69) is 180 Å². The number of hydrogen-bond acceptors (Lipinski definition) is 0. The zero-order valence-electron chi connectivity index (χ0n) is 26.7. The molecular weight excluding hydrogens is 591 g/mol. The van der Waals surface area contributed by atoms with Crippen molar-refractivity contribution in [3.05, 3.63) is 176 Å². The summed E-state index contributed by atoms with van der Waals surface area (Å²) in [5.74, 6) is 0. The summed E-state index contributed by atoms with van der Waals surface area (Å²) < 4.78 is 2.39. The first-order valence-corrected chi connectivity index (χ1v) is 17.0. The number of aromatic nitrogens is 1. The number of fused-ring (bicyclic) bond motifs is 5. The Morgan fingerprint density at radius 2 is 0.776 bits per heavy atom. The summed E-state index contributed by atoms with van der Waals surface area (Å²) in [7, 11) is 0. The van der Waals surface area contributed by atoms with Crippen molar-refractivity contribution in [2.75, 3.05) is 0 Å². The molecule has 0 radical (unpaired) electrons. The van der Waals surface area contributed by atoms with Gasteiger partial charge in [0, 0.05) is 16.5 Å². The smallest absolute Gasteiger partial charge is 0.0541 e. The Hall–Kier alpha value is -6.44. The van der Waals surface area contributed by atoms with E-state index in [1.165, 1.54) is 104 Å². The van der Waals surface area contributed by atoms with Gasteiger partial charge in [0.05, 0.1) is 11.0 Å². The van der Waals surface area contributed by atoms with Gasteiger partial charge in [-0.05, 0) is 119 Å². The van der Waals surface area contributed by atoms with E-state index in [1.54, 1.807) is 0 Å². The summed E-state index contributed by atoms with van der Waals surface area (Å²) in [5, 5.41) is 15.5. The van der Waals surface area contributed by atoms with Gasteiger partial charge in [-0.1, -0.05) is 133 Å². The summed E-state index contributed by atoms with van der Waals surface area (Å²) in [6, 6.07) is 65.1. The van der Waals surface area contributed by atoms with Crippen LogP contribution in [0.5, 0.6) is 0 Å². The highest BCUT2D eigenvalue weighted by atomic mass is 15.0. The van der Waals surface area contributed by atoms with E-state index in [4.69, 9.17) is 0 Å². The highest BCUT2D eigenvalue weighted by Gasteiger charge is 2.20. The Balaban J connectivity index is 1.21. The molecule has 0 amide bonds. The van der Waals surface area contributed by atoms with E-state index >= 15 is 0 Å². The van der Waals surface area contributed by atoms with Crippen LogP contribution in [0, 0.1) is 0 Å². The van der Waals surface area contributed by atoms with Crippen LogP contribution in [-0.4, -0.2) is 4.57 Å². The third-order valence-electron chi connectivity index (χ3n) is 10.7. The van der Waals surface area contributed by atoms with Crippen LogP contribution >= 0.6 is 0 Å². The van der Waals surface area contributed by atoms with Gasteiger partial charge in [0.1, 0.15) is 0 Å². The lowest BCUT2D eigenvalue weighted by atomic mass is 9.84. The molecule has 49 heavy (non-hydrogen) atoms. The molecule has 0 atom stereocenters. The predicted molar refractivity (Wildman–Crippen MR) is 210 cm³/mol. The topological polar surface area (TPSA) is 4.93 Å². The number of rotatable bonds is 3. The van der Waals surface area contributed by atoms with Crippen LogP contribution in [-0.2, 0) is 0 Å². The molecule has 10 aromatic carbocycles. The molecule has 226 valence electrons. The Labute approximate surface area is 283 Å². The van der Waals surface area contributed by atoms with Crippen LogP contribution in [0.25, 0.3) is 104 Å². The number of nitrogens with zero attached hydrogens (tertiary/aromatic N) is 1. The van der Waals surface area contributed by atoms with E-state index < -0.39 is 0 Å². The van der Waals surface area contributed by atoms with Crippen molar-refractivity contribution in [1.29, 1.82) is 0 Å². The van der Waals surface area contributed by atoms with Gasteiger partial charge < -0.3 is 4.57 Å².